The van der Waals surface area contributed by atoms with Crippen LogP contribution in [0.1, 0.15) is 0 Å². The molecule has 5 unspecified atom stereocenters. The molecule has 3 aliphatic rings. The summed E-state index contributed by atoms with van der Waals surface area (Å²) in [6.45, 7) is 0.572. The summed E-state index contributed by atoms with van der Waals surface area (Å²) >= 11 is 0. The number of hydrogen-bond acceptors (Lipinski definition) is 4. The second kappa shape index (κ2) is 1.53. The molecule has 0 saturated carbocycles. The van der Waals surface area contributed by atoms with Crippen LogP contribution < -0.4 is 0 Å². The fraction of sp³-hybridized carbons (Fsp3) is 1.00. The van der Waals surface area contributed by atoms with Crippen molar-refractivity contribution in [2.75, 3.05) is 6.61 Å². The van der Waals surface area contributed by atoms with E-state index in [-0.39, 0.29) is 18.3 Å². The molecule has 2 bridgehead atoms. The lowest BCUT2D eigenvalue weighted by Crippen LogP contribution is -2.39. The van der Waals surface area contributed by atoms with Crippen LogP contribution in [0, 0.1) is 0 Å². The van der Waals surface area contributed by atoms with Crippen LogP contribution in [0.2, 0.25) is 0 Å². The minimum atomic E-state index is -0.566. The Morgan fingerprint density at radius 1 is 1.20 bits per heavy atom. The number of aliphatic hydroxyl groups is 1. The maximum atomic E-state index is 9.33. The quantitative estimate of drug-likeness (QED) is 0.467. The van der Waals surface area contributed by atoms with E-state index in [9.17, 15) is 5.11 Å². The molecule has 5 atom stereocenters. The van der Waals surface area contributed by atoms with Gasteiger partial charge in [0.1, 0.15) is 24.4 Å². The molecule has 1 N–H and O–H groups in total. The summed E-state index contributed by atoms with van der Waals surface area (Å²) in [6, 6.07) is 0. The van der Waals surface area contributed by atoms with Crippen molar-refractivity contribution in [3.8, 4) is 0 Å². The topological polar surface area (TPSA) is 47.9 Å². The fourth-order valence-electron chi connectivity index (χ4n) is 1.86. The van der Waals surface area contributed by atoms with E-state index < -0.39 is 12.4 Å². The lowest BCUT2D eigenvalue weighted by molar-refractivity contribution is -0.104. The van der Waals surface area contributed by atoms with Crippen molar-refractivity contribution in [1.82, 2.24) is 0 Å². The molecule has 4 nitrogen and oxygen atoms in total. The third-order valence-corrected chi connectivity index (χ3v) is 2.36. The van der Waals surface area contributed by atoms with E-state index in [1.807, 2.05) is 0 Å². The standard InChI is InChI=1S/C6H8O4/c7-3-5-4-2(1-8-5)9-6(3)10-4/h2-7H,1H2. The van der Waals surface area contributed by atoms with Gasteiger partial charge in [0.25, 0.3) is 0 Å². The van der Waals surface area contributed by atoms with Crippen molar-refractivity contribution < 1.29 is 19.3 Å². The second-order valence-electron chi connectivity index (χ2n) is 2.93. The molecular weight excluding hydrogens is 136 g/mol. The summed E-state index contributed by atoms with van der Waals surface area (Å²) in [6.07, 6.45) is -1.02. The molecule has 0 radical (unpaired) electrons. The first-order valence-corrected chi connectivity index (χ1v) is 3.47. The Balaban J connectivity index is 2.00. The number of fused-ring (bicyclic) bond motifs is 1. The summed E-state index contributed by atoms with van der Waals surface area (Å²) in [5.74, 6) is 0. The molecule has 3 aliphatic heterocycles. The lowest BCUT2D eigenvalue weighted by Gasteiger charge is -2.17. The van der Waals surface area contributed by atoms with Gasteiger partial charge >= 0.3 is 0 Å². The molecule has 0 spiro atoms. The minimum Gasteiger partial charge on any atom is -0.385 e. The monoisotopic (exact) mass is 144 g/mol. The van der Waals surface area contributed by atoms with Crippen molar-refractivity contribution in [2.24, 2.45) is 0 Å². The van der Waals surface area contributed by atoms with Crippen LogP contribution in [0.15, 0.2) is 0 Å². The van der Waals surface area contributed by atoms with Gasteiger partial charge in [0.15, 0.2) is 6.29 Å². The van der Waals surface area contributed by atoms with Crippen molar-refractivity contribution in [2.45, 2.75) is 30.7 Å². The van der Waals surface area contributed by atoms with Crippen LogP contribution in [0.5, 0.6) is 0 Å². The predicted molar refractivity (Wildman–Crippen MR) is 29.3 cm³/mol. The second-order valence-corrected chi connectivity index (χ2v) is 2.93. The normalized spacial score (nSPS) is 63.9. The van der Waals surface area contributed by atoms with Gasteiger partial charge in [0, 0.05) is 0 Å². The highest BCUT2D eigenvalue weighted by Crippen LogP contribution is 2.40. The maximum absolute atomic E-state index is 9.33. The Hall–Kier alpha value is -0.160. The first-order chi connectivity index (χ1) is 4.86. The number of rotatable bonds is 0. The zero-order chi connectivity index (χ0) is 6.72. The van der Waals surface area contributed by atoms with E-state index in [0.29, 0.717) is 6.61 Å². The SMILES string of the molecule is OC1C2OC3COC1C3O2. The van der Waals surface area contributed by atoms with Crippen LogP contribution in [-0.2, 0) is 14.2 Å². The Labute approximate surface area is 57.7 Å². The zero-order valence-corrected chi connectivity index (χ0v) is 5.27. The van der Waals surface area contributed by atoms with E-state index in [1.165, 1.54) is 0 Å². The van der Waals surface area contributed by atoms with Crippen LogP contribution in [0.3, 0.4) is 0 Å². The molecule has 3 rings (SSSR count). The highest BCUT2D eigenvalue weighted by molar-refractivity contribution is 5.02. The van der Waals surface area contributed by atoms with E-state index in [2.05, 4.69) is 0 Å². The lowest BCUT2D eigenvalue weighted by atomic mass is 10.1. The van der Waals surface area contributed by atoms with Crippen molar-refractivity contribution in [3.63, 3.8) is 0 Å². The molecule has 10 heavy (non-hydrogen) atoms. The Morgan fingerprint density at radius 3 is 2.80 bits per heavy atom. The van der Waals surface area contributed by atoms with Gasteiger partial charge in [-0.3, -0.25) is 0 Å². The summed E-state index contributed by atoms with van der Waals surface area (Å²) in [5, 5.41) is 9.33. The number of ether oxygens (including phenoxy) is 3. The Bertz CT molecular complexity index is 169. The van der Waals surface area contributed by atoms with Crippen molar-refractivity contribution in [1.29, 1.82) is 0 Å². The third kappa shape index (κ3) is 0.441. The predicted octanol–water partition coefficient (Wildman–Crippen LogP) is -1.13. The molecule has 3 saturated heterocycles. The third-order valence-electron chi connectivity index (χ3n) is 2.36. The summed E-state index contributed by atoms with van der Waals surface area (Å²) in [4.78, 5) is 0. The molecule has 0 aromatic carbocycles. The molecule has 0 aliphatic carbocycles. The molecule has 0 amide bonds. The molecule has 56 valence electrons. The largest absolute Gasteiger partial charge is 0.385 e. The smallest absolute Gasteiger partial charge is 0.187 e. The van der Waals surface area contributed by atoms with E-state index in [1.54, 1.807) is 0 Å². The first-order valence-electron chi connectivity index (χ1n) is 3.47. The van der Waals surface area contributed by atoms with Gasteiger partial charge in [0.2, 0.25) is 0 Å². The minimum absolute atomic E-state index is 0.000000000000000222. The van der Waals surface area contributed by atoms with E-state index in [4.69, 9.17) is 14.2 Å². The zero-order valence-electron chi connectivity index (χ0n) is 5.27. The first kappa shape index (κ1) is 5.49. The van der Waals surface area contributed by atoms with Crippen molar-refractivity contribution >= 4 is 0 Å². The Kier molecular flexibility index (Phi) is 0.840. The van der Waals surface area contributed by atoms with Crippen LogP contribution in [0.25, 0.3) is 0 Å². The fourth-order valence-corrected chi connectivity index (χ4v) is 1.86. The van der Waals surface area contributed by atoms with Gasteiger partial charge in [-0.25, -0.2) is 0 Å². The van der Waals surface area contributed by atoms with Gasteiger partial charge < -0.3 is 19.3 Å². The van der Waals surface area contributed by atoms with Gasteiger partial charge in [-0.05, 0) is 0 Å². The highest BCUT2D eigenvalue weighted by atomic mass is 16.8. The molecule has 3 heterocycles. The van der Waals surface area contributed by atoms with Crippen molar-refractivity contribution in [3.05, 3.63) is 0 Å². The summed E-state index contributed by atoms with van der Waals surface area (Å²) < 4.78 is 15.8. The van der Waals surface area contributed by atoms with Gasteiger partial charge in [0.05, 0.1) is 6.61 Å². The average Bonchev–Trinajstić information content (AvgIpc) is 2.43. The van der Waals surface area contributed by atoms with Gasteiger partial charge in [-0.2, -0.15) is 0 Å². The highest BCUT2D eigenvalue weighted by Gasteiger charge is 2.59. The number of hydrogen-bond donors (Lipinski definition) is 1. The molecule has 0 aromatic heterocycles. The number of aliphatic hydroxyl groups excluding tert-OH is 1. The van der Waals surface area contributed by atoms with E-state index in [0.717, 1.165) is 0 Å². The molecule has 4 heteroatoms. The van der Waals surface area contributed by atoms with Gasteiger partial charge in [-0.1, -0.05) is 0 Å². The summed E-state index contributed by atoms with van der Waals surface area (Å²) in [5.41, 5.74) is 0. The van der Waals surface area contributed by atoms with Crippen LogP contribution >= 0.6 is 0 Å². The average molecular weight is 144 g/mol. The van der Waals surface area contributed by atoms with E-state index >= 15 is 0 Å². The Morgan fingerprint density at radius 2 is 2.10 bits per heavy atom. The van der Waals surface area contributed by atoms with Gasteiger partial charge in [-0.15, -0.1) is 0 Å². The maximum Gasteiger partial charge on any atom is 0.187 e. The van der Waals surface area contributed by atoms with Crippen LogP contribution in [0.4, 0.5) is 0 Å². The molecular formula is C6H8O4. The molecule has 3 fully saturated rings. The summed E-state index contributed by atoms with van der Waals surface area (Å²) in [7, 11) is 0. The van der Waals surface area contributed by atoms with Crippen LogP contribution in [-0.4, -0.2) is 42.4 Å². The molecule has 0 aromatic rings.